The van der Waals surface area contributed by atoms with Crippen molar-refractivity contribution < 1.29 is 9.18 Å². The normalized spacial score (nSPS) is 10.2. The monoisotopic (exact) mass is 261 g/mol. The van der Waals surface area contributed by atoms with Crippen molar-refractivity contribution in [3.63, 3.8) is 0 Å². The summed E-state index contributed by atoms with van der Waals surface area (Å²) in [5.41, 5.74) is 0.513. The number of halogens is 2. The lowest BCUT2D eigenvalue weighted by Gasteiger charge is -2.05. The van der Waals surface area contributed by atoms with E-state index in [9.17, 15) is 9.18 Å². The molecule has 2 nitrogen and oxygen atoms in total. The summed E-state index contributed by atoms with van der Waals surface area (Å²) >= 11 is 9.69. The van der Waals surface area contributed by atoms with Gasteiger partial charge >= 0.3 is 0 Å². The maximum absolute atomic E-state index is 13.3. The topological polar surface area (TPSA) is 29.1 Å². The van der Waals surface area contributed by atoms with Crippen molar-refractivity contribution in [2.75, 3.05) is 12.3 Å². The van der Waals surface area contributed by atoms with E-state index in [2.05, 4.69) is 17.9 Å². The van der Waals surface area contributed by atoms with Gasteiger partial charge in [0.2, 0.25) is 5.91 Å². The summed E-state index contributed by atoms with van der Waals surface area (Å²) in [6, 6.07) is 4.40. The van der Waals surface area contributed by atoms with Gasteiger partial charge in [-0.25, -0.2) is 4.39 Å². The first-order valence-electron chi connectivity index (χ1n) is 4.95. The second-order valence-electron chi connectivity index (χ2n) is 3.31. The molecule has 0 spiro atoms. The standard InChI is InChI=1S/C11H13ClFNOS/c12-9-1-2-10(13)8(7-9)3-5-14-11(15)4-6-16/h1-2,7,16H,3-6H2,(H,14,15). The van der Waals surface area contributed by atoms with E-state index in [1.165, 1.54) is 12.1 Å². The molecule has 0 atom stereocenters. The molecule has 0 aliphatic carbocycles. The molecular weight excluding hydrogens is 249 g/mol. The lowest BCUT2D eigenvalue weighted by atomic mass is 10.1. The Morgan fingerprint density at radius 1 is 1.50 bits per heavy atom. The molecule has 0 aliphatic heterocycles. The number of rotatable bonds is 5. The van der Waals surface area contributed by atoms with Crippen molar-refractivity contribution in [1.82, 2.24) is 5.32 Å². The fourth-order valence-electron chi connectivity index (χ4n) is 1.26. The average Bonchev–Trinajstić information content (AvgIpc) is 2.23. The number of hydrogen-bond donors (Lipinski definition) is 2. The number of hydrogen-bond acceptors (Lipinski definition) is 2. The van der Waals surface area contributed by atoms with Crippen molar-refractivity contribution in [3.8, 4) is 0 Å². The number of thiol groups is 1. The largest absolute Gasteiger partial charge is 0.356 e. The summed E-state index contributed by atoms with van der Waals surface area (Å²) in [6.07, 6.45) is 0.811. The molecule has 0 saturated carbocycles. The van der Waals surface area contributed by atoms with E-state index in [0.29, 0.717) is 35.7 Å². The highest BCUT2D eigenvalue weighted by molar-refractivity contribution is 7.80. The van der Waals surface area contributed by atoms with Crippen LogP contribution in [0, 0.1) is 5.82 Å². The first-order chi connectivity index (χ1) is 7.63. The lowest BCUT2D eigenvalue weighted by molar-refractivity contribution is -0.120. The van der Waals surface area contributed by atoms with Gasteiger partial charge in [0, 0.05) is 18.0 Å². The highest BCUT2D eigenvalue weighted by Crippen LogP contribution is 2.14. The predicted octanol–water partition coefficient (Wildman–Crippen LogP) is 2.46. The third-order valence-corrected chi connectivity index (χ3v) is 2.52. The van der Waals surface area contributed by atoms with Gasteiger partial charge < -0.3 is 5.32 Å². The van der Waals surface area contributed by atoms with E-state index in [1.54, 1.807) is 6.07 Å². The van der Waals surface area contributed by atoms with Gasteiger partial charge in [0.1, 0.15) is 5.82 Å². The second kappa shape index (κ2) is 6.76. The Hall–Kier alpha value is -0.740. The average molecular weight is 262 g/mol. The first-order valence-corrected chi connectivity index (χ1v) is 5.96. The van der Waals surface area contributed by atoms with Crippen molar-refractivity contribution in [2.24, 2.45) is 0 Å². The van der Waals surface area contributed by atoms with Crippen molar-refractivity contribution in [1.29, 1.82) is 0 Å². The molecule has 0 bridgehead atoms. The van der Waals surface area contributed by atoms with E-state index < -0.39 is 0 Å². The number of benzene rings is 1. The highest BCUT2D eigenvalue weighted by atomic mass is 35.5. The number of carbonyl (C=O) groups is 1. The minimum absolute atomic E-state index is 0.0718. The van der Waals surface area contributed by atoms with E-state index in [1.807, 2.05) is 0 Å². The van der Waals surface area contributed by atoms with Gasteiger partial charge in [0.05, 0.1) is 0 Å². The summed E-state index contributed by atoms with van der Waals surface area (Å²) in [6.45, 7) is 0.407. The molecule has 1 aromatic carbocycles. The van der Waals surface area contributed by atoms with Crippen LogP contribution in [0.5, 0.6) is 0 Å². The molecule has 0 radical (unpaired) electrons. The molecule has 16 heavy (non-hydrogen) atoms. The summed E-state index contributed by atoms with van der Waals surface area (Å²) in [5.74, 6) is 0.141. The van der Waals surface area contributed by atoms with Gasteiger partial charge in [-0.1, -0.05) is 11.6 Å². The van der Waals surface area contributed by atoms with E-state index in [-0.39, 0.29) is 11.7 Å². The maximum Gasteiger partial charge on any atom is 0.220 e. The second-order valence-corrected chi connectivity index (χ2v) is 4.19. The van der Waals surface area contributed by atoms with Gasteiger partial charge in [-0.3, -0.25) is 4.79 Å². The zero-order valence-electron chi connectivity index (χ0n) is 8.67. The molecule has 0 unspecified atom stereocenters. The Bertz CT molecular complexity index is 373. The Kier molecular flexibility index (Phi) is 5.63. The highest BCUT2D eigenvalue weighted by Gasteiger charge is 2.04. The van der Waals surface area contributed by atoms with Gasteiger partial charge in [-0.05, 0) is 35.9 Å². The molecule has 0 aromatic heterocycles. The first kappa shape index (κ1) is 13.3. The number of nitrogens with one attached hydrogen (secondary N) is 1. The van der Waals surface area contributed by atoms with Crippen LogP contribution in [0.2, 0.25) is 5.02 Å². The van der Waals surface area contributed by atoms with Crippen molar-refractivity contribution in [3.05, 3.63) is 34.6 Å². The molecular formula is C11H13ClFNOS. The molecule has 5 heteroatoms. The third-order valence-electron chi connectivity index (χ3n) is 2.06. The molecule has 1 amide bonds. The van der Waals surface area contributed by atoms with E-state index >= 15 is 0 Å². The maximum atomic E-state index is 13.3. The molecule has 1 rings (SSSR count). The fraction of sp³-hybridized carbons (Fsp3) is 0.364. The molecule has 1 aromatic rings. The zero-order chi connectivity index (χ0) is 12.0. The number of carbonyl (C=O) groups excluding carboxylic acids is 1. The predicted molar refractivity (Wildman–Crippen MR) is 66.6 cm³/mol. The molecule has 0 fully saturated rings. The third kappa shape index (κ3) is 4.41. The van der Waals surface area contributed by atoms with Gasteiger partial charge in [0.15, 0.2) is 0 Å². The summed E-state index contributed by atoms with van der Waals surface area (Å²) in [7, 11) is 0. The quantitative estimate of drug-likeness (QED) is 0.784. The van der Waals surface area contributed by atoms with Crippen LogP contribution in [-0.2, 0) is 11.2 Å². The van der Waals surface area contributed by atoms with Crippen LogP contribution in [0.25, 0.3) is 0 Å². The van der Waals surface area contributed by atoms with Crippen LogP contribution in [0.1, 0.15) is 12.0 Å². The van der Waals surface area contributed by atoms with Gasteiger partial charge in [0.25, 0.3) is 0 Å². The minimum atomic E-state index is -0.298. The van der Waals surface area contributed by atoms with E-state index in [0.717, 1.165) is 0 Å². The Labute approximate surface area is 105 Å². The van der Waals surface area contributed by atoms with Crippen LogP contribution in [0.15, 0.2) is 18.2 Å². The summed E-state index contributed by atoms with van der Waals surface area (Å²) < 4.78 is 13.3. The van der Waals surface area contributed by atoms with Crippen LogP contribution in [0.3, 0.4) is 0 Å². The number of amides is 1. The Morgan fingerprint density at radius 3 is 2.94 bits per heavy atom. The van der Waals surface area contributed by atoms with Gasteiger partial charge in [-0.2, -0.15) is 12.6 Å². The van der Waals surface area contributed by atoms with Crippen molar-refractivity contribution >= 4 is 30.1 Å². The SMILES string of the molecule is O=C(CCS)NCCc1cc(Cl)ccc1F. The van der Waals surface area contributed by atoms with Crippen LogP contribution in [0.4, 0.5) is 4.39 Å². The van der Waals surface area contributed by atoms with E-state index in [4.69, 9.17) is 11.6 Å². The molecule has 0 saturated heterocycles. The van der Waals surface area contributed by atoms with Crippen molar-refractivity contribution in [2.45, 2.75) is 12.8 Å². The molecule has 88 valence electrons. The summed E-state index contributed by atoms with van der Waals surface area (Å²) in [5, 5.41) is 3.18. The van der Waals surface area contributed by atoms with Crippen LogP contribution in [-0.4, -0.2) is 18.2 Å². The molecule has 0 aliphatic rings. The molecule has 1 N–H and O–H groups in total. The molecule has 0 heterocycles. The summed E-state index contributed by atoms with van der Waals surface area (Å²) in [4.78, 5) is 11.1. The smallest absolute Gasteiger partial charge is 0.220 e. The fourth-order valence-corrected chi connectivity index (χ4v) is 1.66. The van der Waals surface area contributed by atoms with Gasteiger partial charge in [-0.15, -0.1) is 0 Å². The lowest BCUT2D eigenvalue weighted by Crippen LogP contribution is -2.25. The van der Waals surface area contributed by atoms with Crippen LogP contribution >= 0.6 is 24.2 Å². The minimum Gasteiger partial charge on any atom is -0.356 e. The van der Waals surface area contributed by atoms with Crippen LogP contribution < -0.4 is 5.32 Å². The zero-order valence-corrected chi connectivity index (χ0v) is 10.3. The Morgan fingerprint density at radius 2 is 2.25 bits per heavy atom. The Balaban J connectivity index is 2.42.